The van der Waals surface area contributed by atoms with Crippen molar-refractivity contribution in [1.82, 2.24) is 0 Å². The van der Waals surface area contributed by atoms with Crippen LogP contribution < -0.4 is 4.74 Å². The van der Waals surface area contributed by atoms with E-state index in [4.69, 9.17) is 4.74 Å². The summed E-state index contributed by atoms with van der Waals surface area (Å²) in [6.07, 6.45) is 5.07. The minimum absolute atomic E-state index is 0.274. The van der Waals surface area contributed by atoms with E-state index in [0.29, 0.717) is 11.7 Å². The first-order chi connectivity index (χ1) is 7.72. The number of hydrogen-bond acceptors (Lipinski definition) is 1. The second kappa shape index (κ2) is 5.17. The topological polar surface area (TPSA) is 9.23 Å². The molecular weight excluding hydrogens is 271 g/mol. The van der Waals surface area contributed by atoms with E-state index in [-0.39, 0.29) is 10.6 Å². The maximum Gasteiger partial charge on any atom is 0.165 e. The van der Waals surface area contributed by atoms with Gasteiger partial charge in [0.2, 0.25) is 0 Å². The van der Waals surface area contributed by atoms with Gasteiger partial charge in [0.25, 0.3) is 0 Å². The van der Waals surface area contributed by atoms with Gasteiger partial charge in [-0.05, 0) is 36.5 Å². The van der Waals surface area contributed by atoms with E-state index in [1.54, 1.807) is 12.1 Å². The number of ether oxygens (including phenoxy) is 1. The Kier molecular flexibility index (Phi) is 3.85. The molecule has 3 heteroatoms. The zero-order valence-electron chi connectivity index (χ0n) is 9.38. The molecule has 1 aliphatic rings. The summed E-state index contributed by atoms with van der Waals surface area (Å²) >= 11 is 3.69. The molecule has 1 fully saturated rings. The van der Waals surface area contributed by atoms with Crippen molar-refractivity contribution >= 4 is 15.9 Å². The fourth-order valence-electron chi connectivity index (χ4n) is 2.38. The van der Waals surface area contributed by atoms with Crippen molar-refractivity contribution in [2.75, 3.05) is 7.11 Å². The monoisotopic (exact) mass is 286 g/mol. The highest BCUT2D eigenvalue weighted by molar-refractivity contribution is 9.09. The summed E-state index contributed by atoms with van der Waals surface area (Å²) < 4.78 is 18.5. The van der Waals surface area contributed by atoms with Gasteiger partial charge in [-0.3, -0.25) is 0 Å². The smallest absolute Gasteiger partial charge is 0.165 e. The molecule has 0 aliphatic heterocycles. The van der Waals surface area contributed by atoms with Gasteiger partial charge in [-0.15, -0.1) is 0 Å². The summed E-state index contributed by atoms with van der Waals surface area (Å²) in [4.78, 5) is 0.274. The molecule has 0 aromatic heterocycles. The van der Waals surface area contributed by atoms with Gasteiger partial charge in [-0.25, -0.2) is 4.39 Å². The molecule has 0 saturated heterocycles. The lowest BCUT2D eigenvalue weighted by Crippen LogP contribution is -2.03. The van der Waals surface area contributed by atoms with Crippen LogP contribution >= 0.6 is 15.9 Å². The van der Waals surface area contributed by atoms with Gasteiger partial charge in [0.05, 0.1) is 7.11 Å². The predicted molar refractivity (Wildman–Crippen MR) is 66.6 cm³/mol. The van der Waals surface area contributed by atoms with Crippen LogP contribution in [0.4, 0.5) is 4.39 Å². The number of hydrogen-bond donors (Lipinski definition) is 0. The molecule has 1 unspecified atom stereocenters. The zero-order valence-corrected chi connectivity index (χ0v) is 11.0. The van der Waals surface area contributed by atoms with E-state index in [1.165, 1.54) is 32.8 Å². The Morgan fingerprint density at radius 2 is 2.06 bits per heavy atom. The summed E-state index contributed by atoms with van der Waals surface area (Å²) in [5.74, 6) is 0.685. The van der Waals surface area contributed by atoms with Gasteiger partial charge in [0, 0.05) is 4.83 Å². The van der Waals surface area contributed by atoms with Crippen LogP contribution in [0.25, 0.3) is 0 Å². The second-order valence-corrected chi connectivity index (χ2v) is 5.33. The predicted octanol–water partition coefficient (Wildman–Crippen LogP) is 4.46. The van der Waals surface area contributed by atoms with E-state index < -0.39 is 0 Å². The molecule has 0 heterocycles. The maximum atomic E-state index is 13.6. The lowest BCUT2D eigenvalue weighted by atomic mass is 9.98. The van der Waals surface area contributed by atoms with Crippen LogP contribution in [0.5, 0.6) is 5.75 Å². The largest absolute Gasteiger partial charge is 0.494 e. The van der Waals surface area contributed by atoms with Gasteiger partial charge < -0.3 is 4.74 Å². The lowest BCUT2D eigenvalue weighted by molar-refractivity contribution is 0.385. The third-order valence-corrected chi connectivity index (χ3v) is 4.58. The van der Waals surface area contributed by atoms with E-state index >= 15 is 0 Å². The first-order valence-corrected chi connectivity index (χ1v) is 6.61. The van der Waals surface area contributed by atoms with Gasteiger partial charge in [0.1, 0.15) is 0 Å². The fourth-order valence-corrected chi connectivity index (χ4v) is 3.19. The molecule has 0 amide bonds. The van der Waals surface area contributed by atoms with E-state index in [9.17, 15) is 4.39 Å². The Bertz CT molecular complexity index is 361. The molecular formula is C13H16BrFO. The lowest BCUT2D eigenvalue weighted by Gasteiger charge is -2.17. The van der Waals surface area contributed by atoms with Gasteiger partial charge in [-0.2, -0.15) is 0 Å². The van der Waals surface area contributed by atoms with Crippen LogP contribution in [0.1, 0.15) is 36.1 Å². The highest BCUT2D eigenvalue weighted by Gasteiger charge is 2.24. The Morgan fingerprint density at radius 3 is 2.62 bits per heavy atom. The van der Waals surface area contributed by atoms with Crippen LogP contribution in [-0.4, -0.2) is 7.11 Å². The Labute approximate surface area is 104 Å². The number of benzene rings is 1. The SMILES string of the molecule is COc1ccc(C(Br)C2CCCC2)cc1F. The van der Waals surface area contributed by atoms with Crippen LogP contribution in [0.2, 0.25) is 0 Å². The molecule has 0 bridgehead atoms. The third-order valence-electron chi connectivity index (χ3n) is 3.31. The van der Waals surface area contributed by atoms with E-state index in [2.05, 4.69) is 15.9 Å². The Hall–Kier alpha value is -0.570. The number of halogens is 2. The summed E-state index contributed by atoms with van der Waals surface area (Å²) in [5, 5.41) is 0. The molecule has 1 aromatic carbocycles. The number of rotatable bonds is 3. The summed E-state index contributed by atoms with van der Waals surface area (Å²) in [6.45, 7) is 0. The molecule has 0 spiro atoms. The molecule has 2 rings (SSSR count). The molecule has 1 nitrogen and oxygen atoms in total. The van der Waals surface area contributed by atoms with Gasteiger partial charge >= 0.3 is 0 Å². The fraction of sp³-hybridized carbons (Fsp3) is 0.538. The number of methoxy groups -OCH3 is 1. The van der Waals surface area contributed by atoms with Crippen molar-refractivity contribution in [2.24, 2.45) is 5.92 Å². The maximum absolute atomic E-state index is 13.6. The third kappa shape index (κ3) is 2.40. The molecule has 0 N–H and O–H groups in total. The molecule has 88 valence electrons. The van der Waals surface area contributed by atoms with Crippen LogP contribution in [-0.2, 0) is 0 Å². The molecule has 1 atom stereocenters. The van der Waals surface area contributed by atoms with Crippen molar-refractivity contribution < 1.29 is 9.13 Å². The molecule has 1 saturated carbocycles. The summed E-state index contributed by atoms with van der Waals surface area (Å²) in [5.41, 5.74) is 1.02. The Balaban J connectivity index is 2.16. The summed E-state index contributed by atoms with van der Waals surface area (Å²) in [6, 6.07) is 5.23. The molecule has 1 aliphatic carbocycles. The average Bonchev–Trinajstić information content (AvgIpc) is 2.81. The highest BCUT2D eigenvalue weighted by atomic mass is 79.9. The van der Waals surface area contributed by atoms with Crippen molar-refractivity contribution in [3.63, 3.8) is 0 Å². The second-order valence-electron chi connectivity index (χ2n) is 4.34. The van der Waals surface area contributed by atoms with Crippen LogP contribution in [0.15, 0.2) is 18.2 Å². The molecule has 1 aromatic rings. The highest BCUT2D eigenvalue weighted by Crippen LogP contribution is 2.41. The van der Waals surface area contributed by atoms with E-state index in [1.807, 2.05) is 6.07 Å². The standard InChI is InChI=1S/C13H16BrFO/c1-16-12-7-6-10(8-11(12)15)13(14)9-4-2-3-5-9/h6-9,13H,2-5H2,1H3. The van der Waals surface area contributed by atoms with Gasteiger partial charge in [0.15, 0.2) is 11.6 Å². The summed E-state index contributed by atoms with van der Waals surface area (Å²) in [7, 11) is 1.49. The van der Waals surface area contributed by atoms with Crippen molar-refractivity contribution in [1.29, 1.82) is 0 Å². The van der Waals surface area contributed by atoms with Gasteiger partial charge in [-0.1, -0.05) is 34.8 Å². The number of alkyl halides is 1. The minimum Gasteiger partial charge on any atom is -0.494 e. The normalized spacial score (nSPS) is 18.7. The Morgan fingerprint density at radius 1 is 1.38 bits per heavy atom. The average molecular weight is 287 g/mol. The first kappa shape index (κ1) is 11.9. The van der Waals surface area contributed by atoms with Crippen molar-refractivity contribution in [2.45, 2.75) is 30.5 Å². The minimum atomic E-state index is -0.276. The van der Waals surface area contributed by atoms with Crippen LogP contribution in [0.3, 0.4) is 0 Å². The van der Waals surface area contributed by atoms with Crippen LogP contribution in [0, 0.1) is 11.7 Å². The quantitative estimate of drug-likeness (QED) is 0.746. The molecule has 0 radical (unpaired) electrons. The molecule has 16 heavy (non-hydrogen) atoms. The van der Waals surface area contributed by atoms with Crippen molar-refractivity contribution in [3.05, 3.63) is 29.6 Å². The first-order valence-electron chi connectivity index (χ1n) is 5.70. The van der Waals surface area contributed by atoms with Crippen molar-refractivity contribution in [3.8, 4) is 5.75 Å². The van der Waals surface area contributed by atoms with E-state index in [0.717, 1.165) is 5.56 Å². The zero-order chi connectivity index (χ0) is 11.5.